The van der Waals surface area contributed by atoms with Crippen LogP contribution >= 0.6 is 31.9 Å². The summed E-state index contributed by atoms with van der Waals surface area (Å²) in [6, 6.07) is 42.6. The Kier molecular flexibility index (Phi) is 9.02. The fourth-order valence-corrected chi connectivity index (χ4v) is 10.6. The minimum absolute atomic E-state index is 0.0509. The van der Waals surface area contributed by atoms with Crippen LogP contribution in [0.4, 0.5) is 0 Å². The highest BCUT2D eigenvalue weighted by Crippen LogP contribution is 2.39. The molecule has 0 radical (unpaired) electrons. The predicted molar refractivity (Wildman–Crippen MR) is 203 cm³/mol. The lowest BCUT2D eigenvalue weighted by molar-refractivity contribution is 0.592. The second kappa shape index (κ2) is 13.2. The summed E-state index contributed by atoms with van der Waals surface area (Å²) in [5.41, 5.74) is 10.7. The molecule has 0 fully saturated rings. The van der Waals surface area contributed by atoms with E-state index >= 15 is 0 Å². The van der Waals surface area contributed by atoms with E-state index in [4.69, 9.17) is 0 Å². The molecular weight excluding hydrogens is 768 g/mol. The normalized spacial score (nSPS) is 15.2. The van der Waals surface area contributed by atoms with Gasteiger partial charge in [-0.2, -0.15) is 0 Å². The molecule has 13 rings (SSSR count). The van der Waals surface area contributed by atoms with Gasteiger partial charge in [0.1, 0.15) is 0 Å². The second-order valence-corrected chi connectivity index (χ2v) is 17.9. The van der Waals surface area contributed by atoms with Gasteiger partial charge in [-0.1, -0.05) is 133 Å². The summed E-state index contributed by atoms with van der Waals surface area (Å²) in [5, 5.41) is 0. The summed E-state index contributed by atoms with van der Waals surface area (Å²) in [6.45, 7) is 0. The summed E-state index contributed by atoms with van der Waals surface area (Å²) in [6.07, 6.45) is 0. The van der Waals surface area contributed by atoms with E-state index in [1.54, 1.807) is 0 Å². The smallest absolute Gasteiger partial charge is 0.158 e. The molecule has 48 heavy (non-hydrogen) atoms. The quantitative estimate of drug-likeness (QED) is 0.154. The maximum atomic E-state index is 13.3. The third kappa shape index (κ3) is 7.13. The van der Waals surface area contributed by atoms with E-state index in [0.29, 0.717) is 0 Å². The van der Waals surface area contributed by atoms with Gasteiger partial charge in [-0.15, -0.1) is 0 Å². The molecule has 6 aromatic carbocycles. The van der Waals surface area contributed by atoms with Gasteiger partial charge in [0.2, 0.25) is 0 Å². The van der Waals surface area contributed by atoms with Crippen LogP contribution in [0.2, 0.25) is 0 Å². The zero-order chi connectivity index (χ0) is 33.5. The Labute approximate surface area is 298 Å². The van der Waals surface area contributed by atoms with Gasteiger partial charge in [0.05, 0.1) is 23.0 Å². The van der Waals surface area contributed by atoms with Crippen molar-refractivity contribution in [3.63, 3.8) is 0 Å². The molecule has 12 bridgehead atoms. The minimum atomic E-state index is -3.41. The van der Waals surface area contributed by atoms with E-state index in [0.717, 1.165) is 75.7 Å². The van der Waals surface area contributed by atoms with E-state index in [1.165, 1.54) is 0 Å². The summed E-state index contributed by atoms with van der Waals surface area (Å²) in [7, 11) is -6.83. The van der Waals surface area contributed by atoms with Crippen molar-refractivity contribution in [1.29, 1.82) is 0 Å². The SMILES string of the molecule is O=S1(=O)Cc2ccc(cc2)-c2cccc(c2Br)-c2ccc(cc2)CS(=O)(=O)Cc2ccc(cc2)-c2cccc(c2Br)-c2ccc(cc2)C1. The number of halogens is 2. The van der Waals surface area contributed by atoms with E-state index in [1.807, 2.05) is 133 Å². The second-order valence-electron chi connectivity index (χ2n) is 12.2. The van der Waals surface area contributed by atoms with Crippen molar-refractivity contribution in [2.24, 2.45) is 0 Å². The summed E-state index contributed by atoms with van der Waals surface area (Å²) in [5.74, 6) is -0.204. The zero-order valence-corrected chi connectivity index (χ0v) is 30.5. The topological polar surface area (TPSA) is 68.3 Å². The molecule has 0 spiro atoms. The lowest BCUT2D eigenvalue weighted by atomic mass is 9.98. The molecule has 0 unspecified atom stereocenters. The van der Waals surface area contributed by atoms with Gasteiger partial charge in [-0.05, 0) is 98.6 Å². The molecule has 0 N–H and O–H groups in total. The van der Waals surface area contributed by atoms with Gasteiger partial charge >= 0.3 is 0 Å². The maximum Gasteiger partial charge on any atom is 0.158 e. The first-order valence-corrected chi connectivity index (χ1v) is 20.6. The molecule has 7 aliphatic heterocycles. The maximum absolute atomic E-state index is 13.3. The monoisotopic (exact) mass is 796 g/mol. The van der Waals surface area contributed by atoms with Crippen molar-refractivity contribution in [2.45, 2.75) is 23.0 Å². The molecule has 0 aliphatic carbocycles. The Bertz CT molecular complexity index is 2030. The summed E-state index contributed by atoms with van der Waals surface area (Å²) in [4.78, 5) is 0. The first-order chi connectivity index (χ1) is 23.0. The van der Waals surface area contributed by atoms with E-state index < -0.39 is 19.7 Å². The number of rotatable bonds is 0. The standard InChI is InChI=1S/C40H30Br2O4S2/c41-39-35-3-1-4-36(39)32-17-9-28(10-18-32)24-48(45,46)26-30-13-21-34(22-14-30)38-6-2-5-37(40(38)42)33-19-11-29(12-20-33)25-47(43,44)23-27-7-15-31(35)16-8-27/h1-22H,23-26H2. The van der Waals surface area contributed by atoms with E-state index in [-0.39, 0.29) is 23.0 Å². The Morgan fingerprint density at radius 3 is 0.750 bits per heavy atom. The predicted octanol–water partition coefficient (Wildman–Crippen LogP) is 10.4. The van der Waals surface area contributed by atoms with Gasteiger partial charge in [-0.25, -0.2) is 16.8 Å². The Hall–Kier alpha value is -3.82. The number of hydrogen-bond donors (Lipinski definition) is 0. The molecule has 0 saturated heterocycles. The number of benzene rings is 6. The first kappa shape index (κ1) is 32.7. The summed E-state index contributed by atoms with van der Waals surface area (Å²) >= 11 is 7.59. The molecule has 8 heteroatoms. The number of sulfone groups is 2. The van der Waals surface area contributed by atoms with E-state index in [9.17, 15) is 16.8 Å². The average molecular weight is 799 g/mol. The van der Waals surface area contributed by atoms with Crippen molar-refractivity contribution >= 4 is 51.5 Å². The van der Waals surface area contributed by atoms with Gasteiger partial charge in [0, 0.05) is 8.95 Å². The molecule has 240 valence electrons. The van der Waals surface area contributed by atoms with Crippen LogP contribution in [-0.2, 0) is 42.7 Å². The van der Waals surface area contributed by atoms with Crippen molar-refractivity contribution in [3.05, 3.63) is 165 Å². The van der Waals surface area contributed by atoms with Gasteiger partial charge in [0.15, 0.2) is 19.7 Å². The molecule has 6 aromatic rings. The Morgan fingerprint density at radius 2 is 0.542 bits per heavy atom. The Balaban J connectivity index is 1.28. The molecule has 4 nitrogen and oxygen atoms in total. The van der Waals surface area contributed by atoms with Crippen LogP contribution in [0.25, 0.3) is 44.5 Å². The highest BCUT2D eigenvalue weighted by Gasteiger charge is 2.18. The largest absolute Gasteiger partial charge is 0.228 e. The molecule has 0 saturated carbocycles. The van der Waals surface area contributed by atoms with Gasteiger partial charge in [0.25, 0.3) is 0 Å². The van der Waals surface area contributed by atoms with Crippen molar-refractivity contribution in [3.8, 4) is 44.5 Å². The van der Waals surface area contributed by atoms with Crippen LogP contribution in [0.1, 0.15) is 22.3 Å². The Morgan fingerprint density at radius 1 is 0.333 bits per heavy atom. The fraction of sp³-hybridized carbons (Fsp3) is 0.100. The van der Waals surface area contributed by atoms with Crippen LogP contribution in [0.15, 0.2) is 142 Å². The van der Waals surface area contributed by atoms with Crippen molar-refractivity contribution < 1.29 is 16.8 Å². The first-order valence-electron chi connectivity index (χ1n) is 15.4. The van der Waals surface area contributed by atoms with Crippen molar-refractivity contribution in [2.75, 3.05) is 0 Å². The molecule has 0 amide bonds. The molecule has 7 heterocycles. The third-order valence-electron chi connectivity index (χ3n) is 8.60. The molecule has 0 aromatic heterocycles. The number of hydrogen-bond acceptors (Lipinski definition) is 4. The molecule has 7 aliphatic rings. The summed E-state index contributed by atoms with van der Waals surface area (Å²) < 4.78 is 54.8. The third-order valence-corrected chi connectivity index (χ3v) is 13.4. The van der Waals surface area contributed by atoms with Crippen LogP contribution < -0.4 is 0 Å². The van der Waals surface area contributed by atoms with Gasteiger partial charge < -0.3 is 0 Å². The van der Waals surface area contributed by atoms with Crippen molar-refractivity contribution in [1.82, 2.24) is 0 Å². The minimum Gasteiger partial charge on any atom is -0.228 e. The van der Waals surface area contributed by atoms with Gasteiger partial charge in [-0.3, -0.25) is 0 Å². The van der Waals surface area contributed by atoms with Crippen LogP contribution in [0, 0.1) is 0 Å². The molecular formula is C40H30Br2O4S2. The van der Waals surface area contributed by atoms with Crippen LogP contribution in [0.3, 0.4) is 0 Å². The highest BCUT2D eigenvalue weighted by atomic mass is 79.9. The molecule has 0 atom stereocenters. The van der Waals surface area contributed by atoms with Crippen LogP contribution in [-0.4, -0.2) is 16.8 Å². The van der Waals surface area contributed by atoms with E-state index in [2.05, 4.69) is 31.9 Å². The fourth-order valence-electron chi connectivity index (χ4n) is 6.20. The zero-order valence-electron chi connectivity index (χ0n) is 25.7. The average Bonchev–Trinajstić information content (AvgIpc) is 3.06. The lowest BCUT2D eigenvalue weighted by Gasteiger charge is -2.13. The van der Waals surface area contributed by atoms with Crippen LogP contribution in [0.5, 0.6) is 0 Å². The highest BCUT2D eigenvalue weighted by molar-refractivity contribution is 9.11. The lowest BCUT2D eigenvalue weighted by Crippen LogP contribution is -2.07.